The molecule has 2 heterocycles. The number of ether oxygens (including phenoxy) is 1. The molecule has 0 radical (unpaired) electrons. The normalized spacial score (nSPS) is 41.1. The van der Waals surface area contributed by atoms with Crippen molar-refractivity contribution in [3.8, 4) is 0 Å². The number of nitrogens with zero attached hydrogens (tertiary/aromatic N) is 2. The van der Waals surface area contributed by atoms with Gasteiger partial charge in [0.2, 0.25) is 0 Å². The Morgan fingerprint density at radius 1 is 1.15 bits per heavy atom. The quantitative estimate of drug-likeness (QED) is 0.847. The molecular formula is C16H31N3O. The molecule has 0 bridgehead atoms. The van der Waals surface area contributed by atoms with Crippen molar-refractivity contribution in [2.75, 3.05) is 45.9 Å². The standard InChI is InChI=1S/C16H31N3O/c1-14-4-2-3-6-16(14,13-17)19-7-5-15(12-19)18-8-10-20-11-9-18/h14-15H,2-13,17H2,1H3. The van der Waals surface area contributed by atoms with Gasteiger partial charge in [-0.15, -0.1) is 0 Å². The third-order valence-corrected chi connectivity index (χ3v) is 6.12. The predicted octanol–water partition coefficient (Wildman–Crippen LogP) is 1.30. The third-order valence-electron chi connectivity index (χ3n) is 6.12. The van der Waals surface area contributed by atoms with Crippen LogP contribution < -0.4 is 5.73 Å². The Morgan fingerprint density at radius 3 is 2.65 bits per heavy atom. The maximum absolute atomic E-state index is 6.26. The first-order valence-electron chi connectivity index (χ1n) is 8.53. The second kappa shape index (κ2) is 6.30. The average Bonchev–Trinajstić information content (AvgIpc) is 2.99. The molecule has 3 rings (SSSR count). The van der Waals surface area contributed by atoms with Gasteiger partial charge < -0.3 is 10.5 Å². The summed E-state index contributed by atoms with van der Waals surface area (Å²) >= 11 is 0. The lowest BCUT2D eigenvalue weighted by atomic mass is 9.72. The molecule has 0 spiro atoms. The summed E-state index contributed by atoms with van der Waals surface area (Å²) in [6.07, 6.45) is 6.73. The van der Waals surface area contributed by atoms with E-state index in [9.17, 15) is 0 Å². The van der Waals surface area contributed by atoms with Gasteiger partial charge in [0, 0.05) is 44.3 Å². The fourth-order valence-electron chi connectivity index (χ4n) is 4.69. The van der Waals surface area contributed by atoms with Gasteiger partial charge in [-0.1, -0.05) is 19.8 Å². The molecule has 2 N–H and O–H groups in total. The molecule has 20 heavy (non-hydrogen) atoms. The fourth-order valence-corrected chi connectivity index (χ4v) is 4.69. The van der Waals surface area contributed by atoms with Crippen LogP contribution in [0.5, 0.6) is 0 Å². The van der Waals surface area contributed by atoms with E-state index in [4.69, 9.17) is 10.5 Å². The van der Waals surface area contributed by atoms with Crippen LogP contribution in [-0.2, 0) is 4.74 Å². The molecule has 0 aromatic heterocycles. The lowest BCUT2D eigenvalue weighted by molar-refractivity contribution is 0.00258. The van der Waals surface area contributed by atoms with Crippen molar-refractivity contribution < 1.29 is 4.74 Å². The smallest absolute Gasteiger partial charge is 0.0594 e. The monoisotopic (exact) mass is 281 g/mol. The minimum atomic E-state index is 0.291. The highest BCUT2D eigenvalue weighted by Gasteiger charge is 2.45. The Bertz CT molecular complexity index is 319. The molecule has 1 aliphatic carbocycles. The number of nitrogens with two attached hydrogens (primary N) is 1. The lowest BCUT2D eigenvalue weighted by Crippen LogP contribution is -2.59. The molecule has 0 aromatic rings. The number of hydrogen-bond donors (Lipinski definition) is 1. The first kappa shape index (κ1) is 14.8. The third kappa shape index (κ3) is 2.63. The highest BCUT2D eigenvalue weighted by Crippen LogP contribution is 2.40. The average molecular weight is 281 g/mol. The van der Waals surface area contributed by atoms with Crippen LogP contribution >= 0.6 is 0 Å². The number of likely N-dealkylation sites (tertiary alicyclic amines) is 1. The van der Waals surface area contributed by atoms with E-state index in [0.29, 0.717) is 5.54 Å². The first-order chi connectivity index (χ1) is 9.76. The minimum absolute atomic E-state index is 0.291. The number of rotatable bonds is 3. The highest BCUT2D eigenvalue weighted by molar-refractivity contribution is 5.02. The molecule has 0 aromatic carbocycles. The number of morpholine rings is 1. The summed E-state index contributed by atoms with van der Waals surface area (Å²) in [4.78, 5) is 5.39. The van der Waals surface area contributed by atoms with Crippen molar-refractivity contribution >= 4 is 0 Å². The van der Waals surface area contributed by atoms with Gasteiger partial charge in [-0.3, -0.25) is 9.80 Å². The Hall–Kier alpha value is -0.160. The molecule has 4 heteroatoms. The van der Waals surface area contributed by atoms with Crippen LogP contribution in [0.3, 0.4) is 0 Å². The molecule has 3 aliphatic rings. The van der Waals surface area contributed by atoms with E-state index in [-0.39, 0.29) is 0 Å². The Balaban J connectivity index is 1.65. The van der Waals surface area contributed by atoms with Crippen LogP contribution in [0, 0.1) is 5.92 Å². The van der Waals surface area contributed by atoms with E-state index in [1.54, 1.807) is 0 Å². The maximum Gasteiger partial charge on any atom is 0.0594 e. The molecule has 3 unspecified atom stereocenters. The largest absolute Gasteiger partial charge is 0.379 e. The fraction of sp³-hybridized carbons (Fsp3) is 1.00. The molecule has 1 saturated carbocycles. The zero-order chi connectivity index (χ0) is 14.0. The van der Waals surface area contributed by atoms with Crippen molar-refractivity contribution in [3.63, 3.8) is 0 Å². The van der Waals surface area contributed by atoms with Crippen LogP contribution in [0.4, 0.5) is 0 Å². The molecule has 3 fully saturated rings. The Kier molecular flexibility index (Phi) is 4.65. The van der Waals surface area contributed by atoms with E-state index < -0.39 is 0 Å². The topological polar surface area (TPSA) is 41.7 Å². The summed E-state index contributed by atoms with van der Waals surface area (Å²) in [6, 6.07) is 0.733. The molecule has 2 saturated heterocycles. The zero-order valence-corrected chi connectivity index (χ0v) is 13.0. The van der Waals surface area contributed by atoms with Gasteiger partial charge in [0.05, 0.1) is 13.2 Å². The van der Waals surface area contributed by atoms with Crippen LogP contribution in [0.1, 0.15) is 39.0 Å². The van der Waals surface area contributed by atoms with Crippen LogP contribution in [0.25, 0.3) is 0 Å². The van der Waals surface area contributed by atoms with Gasteiger partial charge in [0.15, 0.2) is 0 Å². The molecule has 0 amide bonds. The van der Waals surface area contributed by atoms with Crippen molar-refractivity contribution in [3.05, 3.63) is 0 Å². The van der Waals surface area contributed by atoms with Gasteiger partial charge in [-0.05, 0) is 25.2 Å². The van der Waals surface area contributed by atoms with E-state index in [1.165, 1.54) is 45.2 Å². The zero-order valence-electron chi connectivity index (χ0n) is 13.0. The van der Waals surface area contributed by atoms with E-state index >= 15 is 0 Å². The predicted molar refractivity (Wildman–Crippen MR) is 81.8 cm³/mol. The van der Waals surface area contributed by atoms with Gasteiger partial charge >= 0.3 is 0 Å². The van der Waals surface area contributed by atoms with Crippen molar-refractivity contribution in [2.24, 2.45) is 11.7 Å². The van der Waals surface area contributed by atoms with E-state index in [2.05, 4.69) is 16.7 Å². The first-order valence-corrected chi connectivity index (χ1v) is 8.53. The summed E-state index contributed by atoms with van der Waals surface area (Å²) in [7, 11) is 0. The summed E-state index contributed by atoms with van der Waals surface area (Å²) in [5, 5.41) is 0. The SMILES string of the molecule is CC1CCCCC1(CN)N1CCC(N2CCOCC2)C1. The van der Waals surface area contributed by atoms with Crippen LogP contribution in [0.2, 0.25) is 0 Å². The molecule has 2 aliphatic heterocycles. The van der Waals surface area contributed by atoms with E-state index in [0.717, 1.165) is 44.8 Å². The maximum atomic E-state index is 6.26. The van der Waals surface area contributed by atoms with Gasteiger partial charge in [0.25, 0.3) is 0 Å². The minimum Gasteiger partial charge on any atom is -0.379 e. The van der Waals surface area contributed by atoms with Gasteiger partial charge in [0.1, 0.15) is 0 Å². The van der Waals surface area contributed by atoms with Crippen molar-refractivity contribution in [1.29, 1.82) is 0 Å². The summed E-state index contributed by atoms with van der Waals surface area (Å²) in [5.41, 5.74) is 6.55. The molecule has 4 nitrogen and oxygen atoms in total. The highest BCUT2D eigenvalue weighted by atomic mass is 16.5. The van der Waals surface area contributed by atoms with Crippen LogP contribution in [0.15, 0.2) is 0 Å². The van der Waals surface area contributed by atoms with Gasteiger partial charge in [-0.25, -0.2) is 0 Å². The molecule has 3 atom stereocenters. The van der Waals surface area contributed by atoms with Crippen molar-refractivity contribution in [1.82, 2.24) is 9.80 Å². The Labute approximate surface area is 123 Å². The summed E-state index contributed by atoms with van der Waals surface area (Å²) < 4.78 is 5.49. The second-order valence-electron chi connectivity index (χ2n) is 6.99. The van der Waals surface area contributed by atoms with Crippen LogP contribution in [-0.4, -0.2) is 67.3 Å². The lowest BCUT2D eigenvalue weighted by Gasteiger charge is -2.49. The second-order valence-corrected chi connectivity index (χ2v) is 6.99. The Morgan fingerprint density at radius 2 is 1.95 bits per heavy atom. The van der Waals surface area contributed by atoms with Crippen molar-refractivity contribution in [2.45, 2.75) is 50.6 Å². The summed E-state index contributed by atoms with van der Waals surface area (Å²) in [6.45, 7) is 9.78. The number of hydrogen-bond acceptors (Lipinski definition) is 4. The molecule has 116 valence electrons. The molecular weight excluding hydrogens is 250 g/mol. The van der Waals surface area contributed by atoms with Gasteiger partial charge in [-0.2, -0.15) is 0 Å². The summed E-state index contributed by atoms with van der Waals surface area (Å²) in [5.74, 6) is 0.754. The van der Waals surface area contributed by atoms with E-state index in [1.807, 2.05) is 0 Å².